The Morgan fingerprint density at radius 1 is 0.964 bits per heavy atom. The van der Waals surface area contributed by atoms with Gasteiger partial charge in [0.1, 0.15) is 5.69 Å². The Kier molecular flexibility index (Phi) is 6.46. The average Bonchev–Trinajstić information content (AvgIpc) is 2.77. The van der Waals surface area contributed by atoms with Crippen LogP contribution in [-0.2, 0) is 13.1 Å². The molecule has 0 saturated carbocycles. The third kappa shape index (κ3) is 5.01. The van der Waals surface area contributed by atoms with Gasteiger partial charge in [0, 0.05) is 31.0 Å². The van der Waals surface area contributed by atoms with Crippen molar-refractivity contribution in [1.29, 1.82) is 0 Å². The highest BCUT2D eigenvalue weighted by atomic mass is 16.2. The van der Waals surface area contributed by atoms with Crippen LogP contribution in [0.1, 0.15) is 39.0 Å². The van der Waals surface area contributed by atoms with Crippen LogP contribution >= 0.6 is 0 Å². The lowest BCUT2D eigenvalue weighted by molar-refractivity contribution is 0.0746. The first-order chi connectivity index (χ1) is 13.7. The van der Waals surface area contributed by atoms with Gasteiger partial charge in [-0.05, 0) is 36.8 Å². The summed E-state index contributed by atoms with van der Waals surface area (Å²) in [6, 6.07) is 18.4. The molecule has 1 aromatic carbocycles. The number of carbonyl (C=O) groups is 2. The molecular formula is C22H22N4O2. The lowest BCUT2D eigenvalue weighted by Crippen LogP contribution is -2.31. The summed E-state index contributed by atoms with van der Waals surface area (Å²) in [7, 11) is 0. The monoisotopic (exact) mass is 374 g/mol. The van der Waals surface area contributed by atoms with Crippen LogP contribution in [0.4, 0.5) is 0 Å². The molecule has 0 unspecified atom stereocenters. The van der Waals surface area contributed by atoms with E-state index in [0.717, 1.165) is 11.3 Å². The molecule has 6 nitrogen and oxygen atoms in total. The van der Waals surface area contributed by atoms with E-state index in [1.54, 1.807) is 17.2 Å². The lowest BCUT2D eigenvalue weighted by atomic mass is 10.1. The van der Waals surface area contributed by atoms with Crippen molar-refractivity contribution in [3.8, 4) is 0 Å². The first-order valence-electron chi connectivity index (χ1n) is 9.14. The van der Waals surface area contributed by atoms with E-state index in [2.05, 4.69) is 15.3 Å². The highest BCUT2D eigenvalue weighted by Crippen LogP contribution is 2.10. The van der Waals surface area contributed by atoms with Crippen molar-refractivity contribution in [1.82, 2.24) is 20.2 Å². The zero-order valence-corrected chi connectivity index (χ0v) is 15.7. The summed E-state index contributed by atoms with van der Waals surface area (Å²) < 4.78 is 0. The van der Waals surface area contributed by atoms with Crippen LogP contribution in [0.5, 0.6) is 0 Å². The van der Waals surface area contributed by atoms with Crippen molar-refractivity contribution >= 4 is 11.8 Å². The number of hydrogen-bond donors (Lipinski definition) is 1. The molecule has 2 amide bonds. The minimum absolute atomic E-state index is 0.203. The molecule has 3 rings (SSSR count). The van der Waals surface area contributed by atoms with Crippen LogP contribution in [0.2, 0.25) is 0 Å². The summed E-state index contributed by atoms with van der Waals surface area (Å²) in [6.45, 7) is 3.28. The summed E-state index contributed by atoms with van der Waals surface area (Å²) in [4.78, 5) is 35.3. The predicted octanol–water partition coefficient (Wildman–Crippen LogP) is 3.07. The van der Waals surface area contributed by atoms with E-state index in [4.69, 9.17) is 0 Å². The quantitative estimate of drug-likeness (QED) is 0.690. The Morgan fingerprint density at radius 3 is 2.46 bits per heavy atom. The Bertz CT molecular complexity index is 930. The molecule has 0 aliphatic carbocycles. The Labute approximate surface area is 164 Å². The van der Waals surface area contributed by atoms with Gasteiger partial charge in [-0.25, -0.2) is 0 Å². The molecule has 6 heteroatoms. The van der Waals surface area contributed by atoms with Crippen molar-refractivity contribution in [3.05, 3.63) is 95.6 Å². The van der Waals surface area contributed by atoms with Crippen LogP contribution in [0.25, 0.3) is 0 Å². The molecular weight excluding hydrogens is 352 g/mol. The van der Waals surface area contributed by atoms with E-state index in [0.29, 0.717) is 25.2 Å². The van der Waals surface area contributed by atoms with Crippen molar-refractivity contribution in [2.75, 3.05) is 6.54 Å². The second-order valence-corrected chi connectivity index (χ2v) is 6.24. The van der Waals surface area contributed by atoms with Gasteiger partial charge in [0.15, 0.2) is 0 Å². The SMILES string of the molecule is CCN(Cc1ccccc1)C(=O)c1cc(C(=O)NCc2ccccn2)ccn1. The summed E-state index contributed by atoms with van der Waals surface area (Å²) in [5, 5.41) is 2.81. The van der Waals surface area contributed by atoms with Gasteiger partial charge in [0.25, 0.3) is 11.8 Å². The fourth-order valence-corrected chi connectivity index (χ4v) is 2.76. The fraction of sp³-hybridized carbons (Fsp3) is 0.182. The van der Waals surface area contributed by atoms with Gasteiger partial charge in [-0.1, -0.05) is 36.4 Å². The Balaban J connectivity index is 1.68. The fourth-order valence-electron chi connectivity index (χ4n) is 2.76. The van der Waals surface area contributed by atoms with E-state index >= 15 is 0 Å². The van der Waals surface area contributed by atoms with Gasteiger partial charge in [0.2, 0.25) is 0 Å². The summed E-state index contributed by atoms with van der Waals surface area (Å²) in [5.41, 5.74) is 2.46. The maximum absolute atomic E-state index is 12.9. The topological polar surface area (TPSA) is 75.2 Å². The molecule has 0 spiro atoms. The number of benzene rings is 1. The molecule has 2 heterocycles. The molecule has 0 atom stereocenters. The Hall–Kier alpha value is -3.54. The zero-order valence-electron chi connectivity index (χ0n) is 15.7. The van der Waals surface area contributed by atoms with E-state index in [-0.39, 0.29) is 17.5 Å². The predicted molar refractivity (Wildman–Crippen MR) is 107 cm³/mol. The minimum atomic E-state index is -0.270. The third-order valence-electron chi connectivity index (χ3n) is 4.28. The molecule has 142 valence electrons. The number of nitrogens with one attached hydrogen (secondary N) is 1. The van der Waals surface area contributed by atoms with Crippen molar-refractivity contribution in [2.24, 2.45) is 0 Å². The van der Waals surface area contributed by atoms with Gasteiger partial charge < -0.3 is 10.2 Å². The second-order valence-electron chi connectivity index (χ2n) is 6.24. The Morgan fingerprint density at radius 2 is 1.75 bits per heavy atom. The van der Waals surface area contributed by atoms with Crippen molar-refractivity contribution in [3.63, 3.8) is 0 Å². The third-order valence-corrected chi connectivity index (χ3v) is 4.28. The maximum atomic E-state index is 12.9. The average molecular weight is 374 g/mol. The van der Waals surface area contributed by atoms with Crippen LogP contribution in [0.3, 0.4) is 0 Å². The van der Waals surface area contributed by atoms with Crippen LogP contribution in [0.15, 0.2) is 73.1 Å². The normalized spacial score (nSPS) is 10.3. The zero-order chi connectivity index (χ0) is 19.8. The number of pyridine rings is 2. The molecule has 3 aromatic rings. The van der Waals surface area contributed by atoms with E-state index in [1.807, 2.05) is 55.5 Å². The highest BCUT2D eigenvalue weighted by molar-refractivity contribution is 5.98. The number of amides is 2. The molecule has 28 heavy (non-hydrogen) atoms. The molecule has 0 fully saturated rings. The largest absolute Gasteiger partial charge is 0.346 e. The van der Waals surface area contributed by atoms with E-state index in [1.165, 1.54) is 12.3 Å². The summed E-state index contributed by atoms with van der Waals surface area (Å²) in [5.74, 6) is -0.473. The molecule has 0 aliphatic heterocycles. The van der Waals surface area contributed by atoms with Gasteiger partial charge in [-0.3, -0.25) is 19.6 Å². The summed E-state index contributed by atoms with van der Waals surface area (Å²) in [6.07, 6.45) is 3.16. The van der Waals surface area contributed by atoms with Crippen LogP contribution in [-0.4, -0.2) is 33.2 Å². The number of hydrogen-bond acceptors (Lipinski definition) is 4. The molecule has 0 bridgehead atoms. The molecule has 0 radical (unpaired) electrons. The lowest BCUT2D eigenvalue weighted by Gasteiger charge is -2.20. The number of nitrogens with zero attached hydrogens (tertiary/aromatic N) is 3. The molecule has 2 aromatic heterocycles. The van der Waals surface area contributed by atoms with Crippen LogP contribution < -0.4 is 5.32 Å². The van der Waals surface area contributed by atoms with Crippen molar-refractivity contribution in [2.45, 2.75) is 20.0 Å². The van der Waals surface area contributed by atoms with Gasteiger partial charge >= 0.3 is 0 Å². The first-order valence-corrected chi connectivity index (χ1v) is 9.14. The van der Waals surface area contributed by atoms with Crippen molar-refractivity contribution < 1.29 is 9.59 Å². The minimum Gasteiger partial charge on any atom is -0.346 e. The van der Waals surface area contributed by atoms with Gasteiger partial charge in [-0.2, -0.15) is 0 Å². The molecule has 0 aliphatic rings. The highest BCUT2D eigenvalue weighted by Gasteiger charge is 2.17. The van der Waals surface area contributed by atoms with E-state index < -0.39 is 0 Å². The number of rotatable bonds is 7. The smallest absolute Gasteiger partial charge is 0.272 e. The van der Waals surface area contributed by atoms with Gasteiger partial charge in [0.05, 0.1) is 12.2 Å². The second kappa shape index (κ2) is 9.41. The number of aromatic nitrogens is 2. The maximum Gasteiger partial charge on any atom is 0.272 e. The first kappa shape index (κ1) is 19.2. The molecule has 1 N–H and O–H groups in total. The number of carbonyl (C=O) groups excluding carboxylic acids is 2. The van der Waals surface area contributed by atoms with Gasteiger partial charge in [-0.15, -0.1) is 0 Å². The summed E-state index contributed by atoms with van der Waals surface area (Å²) >= 11 is 0. The molecule has 0 saturated heterocycles. The standard InChI is InChI=1S/C22H22N4O2/c1-2-26(16-17-8-4-3-5-9-17)22(28)20-14-18(11-13-24-20)21(27)25-15-19-10-6-7-12-23-19/h3-14H,2,15-16H2,1H3,(H,25,27). The van der Waals surface area contributed by atoms with Crippen LogP contribution in [0, 0.1) is 0 Å². The van der Waals surface area contributed by atoms with E-state index in [9.17, 15) is 9.59 Å².